The molecule has 0 unspecified atom stereocenters. The topological polar surface area (TPSA) is 89.9 Å². The molecule has 1 aromatic carbocycles. The molecule has 0 atom stereocenters. The van der Waals surface area contributed by atoms with Gasteiger partial charge in [0.05, 0.1) is 15.9 Å². The van der Waals surface area contributed by atoms with E-state index in [9.17, 15) is 18.8 Å². The predicted octanol–water partition coefficient (Wildman–Crippen LogP) is 0.553. The third-order valence-electron chi connectivity index (χ3n) is 2.39. The highest BCUT2D eigenvalue weighted by atomic mass is 19.1. The maximum absolute atomic E-state index is 13.6. The summed E-state index contributed by atoms with van der Waals surface area (Å²) in [6, 6.07) is 2.29. The second kappa shape index (κ2) is 3.82. The van der Waals surface area contributed by atoms with Crippen molar-refractivity contribution in [2.45, 2.75) is 0 Å². The quantitative estimate of drug-likeness (QED) is 0.365. The fourth-order valence-corrected chi connectivity index (χ4v) is 1.63. The van der Waals surface area contributed by atoms with Crippen LogP contribution in [0.4, 0.5) is 4.39 Å². The molecule has 3 N–H and O–H groups in total. The number of ketones is 1. The Morgan fingerprint density at radius 1 is 1.35 bits per heavy atom. The van der Waals surface area contributed by atoms with Gasteiger partial charge in [0.15, 0.2) is 6.29 Å². The number of halogens is 1. The standard InChI is InChI=1S/C11H6FNO4/c12-7-2-1-5(4-14)9-8(7)6(3-13-9)10(15)11(16)17/h1-4,13H,(H,16,17)/p+1. The van der Waals surface area contributed by atoms with Crippen LogP contribution in [0.3, 0.4) is 0 Å². The smallest absolute Gasteiger partial charge is 0.558 e. The van der Waals surface area contributed by atoms with Crippen molar-refractivity contribution in [1.29, 1.82) is 0 Å². The fourth-order valence-electron chi connectivity index (χ4n) is 1.63. The highest BCUT2D eigenvalue weighted by molar-refractivity contribution is 6.42. The number of H-pyrrole nitrogens is 1. The minimum atomic E-state index is -1.43. The van der Waals surface area contributed by atoms with E-state index in [-0.39, 0.29) is 22.0 Å². The van der Waals surface area contributed by atoms with Crippen LogP contribution in [0, 0.1) is 5.82 Å². The number of aromatic amines is 1. The van der Waals surface area contributed by atoms with Crippen LogP contribution in [-0.2, 0) is 4.79 Å². The van der Waals surface area contributed by atoms with Gasteiger partial charge in [0, 0.05) is 17.1 Å². The average molecular weight is 236 g/mol. The second-order valence-electron chi connectivity index (χ2n) is 3.37. The highest BCUT2D eigenvalue weighted by Gasteiger charge is 2.27. The van der Waals surface area contributed by atoms with E-state index in [2.05, 4.69) is 4.98 Å². The Morgan fingerprint density at radius 3 is 2.65 bits per heavy atom. The molecular weight excluding hydrogens is 229 g/mol. The van der Waals surface area contributed by atoms with Crippen LogP contribution < -0.4 is 0 Å². The van der Waals surface area contributed by atoms with Crippen molar-refractivity contribution in [3.05, 3.63) is 35.3 Å². The van der Waals surface area contributed by atoms with Gasteiger partial charge in [-0.15, -0.1) is 0 Å². The van der Waals surface area contributed by atoms with E-state index in [1.54, 1.807) is 0 Å². The maximum atomic E-state index is 13.6. The van der Waals surface area contributed by atoms with E-state index in [1.165, 1.54) is 6.07 Å². The minimum absolute atomic E-state index is 0.139. The number of aromatic nitrogens is 1. The molecule has 0 spiro atoms. The minimum Gasteiger partial charge on any atom is -0.558 e. The lowest BCUT2D eigenvalue weighted by Crippen LogP contribution is -2.12. The van der Waals surface area contributed by atoms with Crippen molar-refractivity contribution in [2.75, 3.05) is 0 Å². The SMILES string of the molecule is O=Cc1ccc(F)c2c(C(=O)C(=O)[OH2+])c[nH]c12. The van der Waals surface area contributed by atoms with Gasteiger partial charge in [-0.1, -0.05) is 0 Å². The monoisotopic (exact) mass is 236 g/mol. The molecule has 0 aliphatic heterocycles. The summed E-state index contributed by atoms with van der Waals surface area (Å²) in [7, 11) is 0. The van der Waals surface area contributed by atoms with E-state index in [0.29, 0.717) is 6.29 Å². The van der Waals surface area contributed by atoms with E-state index in [0.717, 1.165) is 12.3 Å². The molecule has 17 heavy (non-hydrogen) atoms. The summed E-state index contributed by atoms with van der Waals surface area (Å²) in [4.78, 5) is 35.3. The third kappa shape index (κ3) is 1.59. The summed E-state index contributed by atoms with van der Waals surface area (Å²) in [5, 5.41) is 6.57. The van der Waals surface area contributed by atoms with Crippen molar-refractivity contribution in [2.24, 2.45) is 0 Å². The van der Waals surface area contributed by atoms with Gasteiger partial charge < -0.3 is 10.1 Å². The van der Waals surface area contributed by atoms with E-state index in [1.807, 2.05) is 0 Å². The van der Waals surface area contributed by atoms with Crippen LogP contribution in [-0.4, -0.2) is 28.1 Å². The fraction of sp³-hybridized carbons (Fsp3) is 0. The summed E-state index contributed by atoms with van der Waals surface area (Å²) >= 11 is 0. The lowest BCUT2D eigenvalue weighted by atomic mass is 10.1. The van der Waals surface area contributed by atoms with Gasteiger partial charge in [-0.2, -0.15) is 0 Å². The van der Waals surface area contributed by atoms with Crippen LogP contribution in [0.2, 0.25) is 0 Å². The van der Waals surface area contributed by atoms with E-state index < -0.39 is 17.6 Å². The van der Waals surface area contributed by atoms with Gasteiger partial charge in [-0.25, -0.2) is 4.39 Å². The molecule has 0 amide bonds. The van der Waals surface area contributed by atoms with Gasteiger partial charge in [0.1, 0.15) is 5.82 Å². The number of carbonyl (C=O) groups excluding carboxylic acids is 3. The Bertz CT molecular complexity index is 644. The first kappa shape index (κ1) is 11.0. The number of Topliss-reactive ketones (excluding diaryl/α,β-unsaturated/α-hetero) is 1. The van der Waals surface area contributed by atoms with Crippen LogP contribution in [0.25, 0.3) is 10.9 Å². The molecule has 86 valence electrons. The van der Waals surface area contributed by atoms with Gasteiger partial charge >= 0.3 is 11.8 Å². The summed E-state index contributed by atoms with van der Waals surface area (Å²) in [5.74, 6) is -3.27. The lowest BCUT2D eigenvalue weighted by Gasteiger charge is -1.97. The number of nitrogens with one attached hydrogen (secondary N) is 1. The summed E-state index contributed by atoms with van der Waals surface area (Å²) < 4.78 is 13.6. The third-order valence-corrected chi connectivity index (χ3v) is 2.39. The first-order valence-corrected chi connectivity index (χ1v) is 4.61. The van der Waals surface area contributed by atoms with Crippen LogP contribution in [0.5, 0.6) is 0 Å². The van der Waals surface area contributed by atoms with Crippen molar-refractivity contribution in [1.82, 2.24) is 4.98 Å². The molecule has 2 rings (SSSR count). The normalized spacial score (nSPS) is 10.4. The number of rotatable bonds is 3. The van der Waals surface area contributed by atoms with Crippen molar-refractivity contribution in [3.8, 4) is 0 Å². The molecule has 0 radical (unpaired) electrons. The number of fused-ring (bicyclic) bond motifs is 1. The Morgan fingerprint density at radius 2 is 2.06 bits per heavy atom. The molecule has 0 bridgehead atoms. The molecule has 0 aliphatic rings. The molecule has 0 saturated heterocycles. The lowest BCUT2D eigenvalue weighted by molar-refractivity contribution is -0.131. The number of hydrogen-bond acceptors (Lipinski definition) is 3. The Kier molecular flexibility index (Phi) is 2.47. The summed E-state index contributed by atoms with van der Waals surface area (Å²) in [6.07, 6.45) is 1.63. The molecule has 0 saturated carbocycles. The Balaban J connectivity index is 2.80. The first-order chi connectivity index (χ1) is 8.06. The van der Waals surface area contributed by atoms with E-state index in [4.69, 9.17) is 5.11 Å². The van der Waals surface area contributed by atoms with Crippen LogP contribution >= 0.6 is 0 Å². The number of carbonyl (C=O) groups is 3. The van der Waals surface area contributed by atoms with Crippen LogP contribution in [0.15, 0.2) is 18.3 Å². The van der Waals surface area contributed by atoms with Gasteiger partial charge in [0.25, 0.3) is 0 Å². The number of aldehydes is 1. The average Bonchev–Trinajstić information content (AvgIpc) is 2.74. The molecule has 1 aromatic heterocycles. The van der Waals surface area contributed by atoms with Gasteiger partial charge in [0.2, 0.25) is 0 Å². The summed E-state index contributed by atoms with van der Waals surface area (Å²) in [6.45, 7) is 0. The molecule has 0 aliphatic carbocycles. The molecule has 5 nitrogen and oxygen atoms in total. The molecule has 6 heteroatoms. The van der Waals surface area contributed by atoms with Crippen molar-refractivity contribution in [3.63, 3.8) is 0 Å². The zero-order valence-electron chi connectivity index (χ0n) is 8.41. The predicted molar refractivity (Wildman–Crippen MR) is 56.6 cm³/mol. The van der Waals surface area contributed by atoms with Crippen molar-refractivity contribution >= 4 is 28.9 Å². The second-order valence-corrected chi connectivity index (χ2v) is 3.37. The highest BCUT2D eigenvalue weighted by Crippen LogP contribution is 2.24. The summed E-state index contributed by atoms with van der Waals surface area (Å²) in [5.41, 5.74) is 0.0867. The zero-order valence-corrected chi connectivity index (χ0v) is 8.41. The Hall–Kier alpha value is -2.50. The molecule has 1 heterocycles. The largest absolute Gasteiger partial charge is 0.590 e. The number of benzene rings is 1. The number of hydrogen-bond donors (Lipinski definition) is 1. The first-order valence-electron chi connectivity index (χ1n) is 4.61. The molecule has 0 fully saturated rings. The maximum Gasteiger partial charge on any atom is 0.590 e. The van der Waals surface area contributed by atoms with Crippen LogP contribution in [0.1, 0.15) is 20.7 Å². The molecule has 2 aromatic rings. The van der Waals surface area contributed by atoms with Crippen molar-refractivity contribution < 1.29 is 23.9 Å². The van der Waals surface area contributed by atoms with Gasteiger partial charge in [-0.05, 0) is 12.1 Å². The van der Waals surface area contributed by atoms with E-state index >= 15 is 0 Å². The van der Waals surface area contributed by atoms with Gasteiger partial charge in [-0.3, -0.25) is 9.59 Å². The zero-order chi connectivity index (χ0) is 12.6. The Labute approximate surface area is 93.9 Å². The molecular formula is C11H7FNO4+.